The van der Waals surface area contributed by atoms with Gasteiger partial charge in [-0.25, -0.2) is 0 Å². The summed E-state index contributed by atoms with van der Waals surface area (Å²) in [6, 6.07) is 20.9. The van der Waals surface area contributed by atoms with E-state index in [1.165, 1.54) is 17.5 Å². The molecule has 4 nitrogen and oxygen atoms in total. The van der Waals surface area contributed by atoms with Crippen molar-refractivity contribution in [3.05, 3.63) is 72.3 Å². The van der Waals surface area contributed by atoms with Crippen LogP contribution in [0.15, 0.2) is 72.3 Å². The van der Waals surface area contributed by atoms with Crippen molar-refractivity contribution in [1.29, 1.82) is 0 Å². The lowest BCUT2D eigenvalue weighted by Crippen LogP contribution is -2.66. The minimum atomic E-state index is -2.60. The summed E-state index contributed by atoms with van der Waals surface area (Å²) in [5.41, 5.74) is 0.897. The van der Waals surface area contributed by atoms with E-state index in [1.807, 2.05) is 12.1 Å². The molecule has 0 aliphatic heterocycles. The Morgan fingerprint density at radius 1 is 0.933 bits per heavy atom. The van der Waals surface area contributed by atoms with E-state index in [0.717, 1.165) is 11.9 Å². The van der Waals surface area contributed by atoms with Crippen molar-refractivity contribution in [3.63, 3.8) is 0 Å². The number of carbonyl (C=O) groups is 2. The van der Waals surface area contributed by atoms with E-state index in [1.54, 1.807) is 6.08 Å². The van der Waals surface area contributed by atoms with Gasteiger partial charge in [-0.2, -0.15) is 0 Å². The van der Waals surface area contributed by atoms with Crippen LogP contribution in [-0.2, 0) is 18.8 Å². The summed E-state index contributed by atoms with van der Waals surface area (Å²) < 4.78 is 11.5. The highest BCUT2D eigenvalue weighted by Gasteiger charge is 2.49. The molecule has 0 saturated carbocycles. The van der Waals surface area contributed by atoms with Crippen LogP contribution in [0.3, 0.4) is 0 Å². The maximum Gasteiger partial charge on any atom is 0.309 e. The van der Waals surface area contributed by atoms with Crippen molar-refractivity contribution >= 4 is 30.9 Å². The Balaban J connectivity index is 2.36. The molecular weight excluding hydrogens is 392 g/mol. The van der Waals surface area contributed by atoms with E-state index in [4.69, 9.17) is 9.16 Å². The van der Waals surface area contributed by atoms with Gasteiger partial charge < -0.3 is 14.0 Å². The Hall–Kier alpha value is -2.50. The summed E-state index contributed by atoms with van der Waals surface area (Å²) in [5, 5.41) is 2.34. The molecule has 30 heavy (non-hydrogen) atoms. The first-order chi connectivity index (χ1) is 14.3. The fourth-order valence-electron chi connectivity index (χ4n) is 3.80. The lowest BCUT2D eigenvalue weighted by molar-refractivity contribution is -0.139. The van der Waals surface area contributed by atoms with Gasteiger partial charge in [0.15, 0.2) is 0 Å². The van der Waals surface area contributed by atoms with Crippen molar-refractivity contribution in [2.24, 2.45) is 0 Å². The molecule has 0 saturated heterocycles. The predicted octanol–water partition coefficient (Wildman–Crippen LogP) is 4.03. The molecule has 0 aliphatic carbocycles. The predicted molar refractivity (Wildman–Crippen MR) is 124 cm³/mol. The number of benzene rings is 2. The molecular formula is C25H32O4Si. The average Bonchev–Trinajstić information content (AvgIpc) is 2.75. The molecule has 0 unspecified atom stereocenters. The van der Waals surface area contributed by atoms with E-state index >= 15 is 0 Å². The van der Waals surface area contributed by atoms with Gasteiger partial charge in [0.2, 0.25) is 0 Å². The van der Waals surface area contributed by atoms with Gasteiger partial charge in [0.25, 0.3) is 8.32 Å². The highest BCUT2D eigenvalue weighted by molar-refractivity contribution is 6.99. The van der Waals surface area contributed by atoms with Gasteiger partial charge in [-0.1, -0.05) is 93.1 Å². The van der Waals surface area contributed by atoms with Gasteiger partial charge in [0.1, 0.15) is 6.29 Å². The Morgan fingerprint density at radius 3 is 1.90 bits per heavy atom. The lowest BCUT2D eigenvalue weighted by atomic mass is 10.1. The van der Waals surface area contributed by atoms with E-state index in [0.29, 0.717) is 19.4 Å². The first-order valence-electron chi connectivity index (χ1n) is 10.3. The summed E-state index contributed by atoms with van der Waals surface area (Å²) in [6.07, 6.45) is 3.71. The maximum atomic E-state index is 11.5. The first-order valence-corrected chi connectivity index (χ1v) is 12.2. The second-order valence-corrected chi connectivity index (χ2v) is 12.6. The molecule has 0 fully saturated rings. The largest absolute Gasteiger partial charge is 0.469 e. The maximum absolute atomic E-state index is 11.5. The van der Waals surface area contributed by atoms with Crippen LogP contribution in [0.25, 0.3) is 0 Å². The van der Waals surface area contributed by atoms with Crippen molar-refractivity contribution in [2.75, 3.05) is 13.7 Å². The lowest BCUT2D eigenvalue weighted by Gasteiger charge is -2.43. The molecule has 0 spiro atoms. The normalized spacial score (nSPS) is 12.5. The SMILES string of the molecule is COC(=O)C/C=C(\CC=O)CCO[Si](c1ccccc1)(c1ccccc1)C(C)(C)C. The van der Waals surface area contributed by atoms with Crippen LogP contribution < -0.4 is 10.4 Å². The Labute approximate surface area is 181 Å². The number of aldehydes is 1. The van der Waals surface area contributed by atoms with Crippen LogP contribution in [0.1, 0.15) is 40.0 Å². The molecule has 0 heterocycles. The van der Waals surface area contributed by atoms with Crippen molar-refractivity contribution < 1.29 is 18.8 Å². The molecule has 0 atom stereocenters. The van der Waals surface area contributed by atoms with Crippen molar-refractivity contribution in [2.45, 2.75) is 45.1 Å². The standard InChI is InChI=1S/C25H32O4Si/c1-25(2,3)30(22-11-7-5-8-12-22,23-13-9-6-10-14-23)29-20-18-21(17-19-26)15-16-24(27)28-4/h5-15,19H,16-18,20H2,1-4H3/b21-15+. The zero-order valence-corrected chi connectivity index (χ0v) is 19.4. The van der Waals surface area contributed by atoms with E-state index in [9.17, 15) is 9.59 Å². The first kappa shape index (κ1) is 23.8. The molecule has 0 N–H and O–H groups in total. The molecule has 0 radical (unpaired) electrons. The minimum Gasteiger partial charge on any atom is -0.469 e. The minimum absolute atomic E-state index is 0.101. The number of hydrogen-bond donors (Lipinski definition) is 0. The van der Waals surface area contributed by atoms with Crippen LogP contribution in [0.2, 0.25) is 5.04 Å². The number of ether oxygens (including phenoxy) is 1. The highest BCUT2D eigenvalue weighted by Crippen LogP contribution is 2.36. The smallest absolute Gasteiger partial charge is 0.309 e. The average molecular weight is 425 g/mol. The zero-order valence-electron chi connectivity index (χ0n) is 18.4. The summed E-state index contributed by atoms with van der Waals surface area (Å²) in [7, 11) is -1.24. The van der Waals surface area contributed by atoms with Crippen LogP contribution in [0.5, 0.6) is 0 Å². The third-order valence-corrected chi connectivity index (χ3v) is 10.3. The number of hydrogen-bond acceptors (Lipinski definition) is 4. The van der Waals surface area contributed by atoms with Gasteiger partial charge in [-0.3, -0.25) is 4.79 Å². The zero-order chi connectivity index (χ0) is 22.0. The molecule has 2 rings (SSSR count). The number of methoxy groups -OCH3 is 1. The number of rotatable bonds is 10. The molecule has 0 amide bonds. The molecule has 0 bridgehead atoms. The van der Waals surface area contributed by atoms with E-state index < -0.39 is 8.32 Å². The number of esters is 1. The molecule has 5 heteroatoms. The third-order valence-electron chi connectivity index (χ3n) is 5.29. The second kappa shape index (κ2) is 11.0. The summed E-state index contributed by atoms with van der Waals surface area (Å²) in [6.45, 7) is 7.18. The second-order valence-electron chi connectivity index (χ2n) is 8.28. The molecule has 2 aromatic rings. The highest BCUT2D eigenvalue weighted by atomic mass is 28.4. The van der Waals surface area contributed by atoms with Crippen LogP contribution in [-0.4, -0.2) is 34.3 Å². The van der Waals surface area contributed by atoms with E-state index in [-0.39, 0.29) is 17.4 Å². The molecule has 2 aromatic carbocycles. The van der Waals surface area contributed by atoms with Crippen LogP contribution in [0.4, 0.5) is 0 Å². The van der Waals surface area contributed by atoms with Gasteiger partial charge in [-0.05, 0) is 21.8 Å². The fourth-order valence-corrected chi connectivity index (χ4v) is 8.37. The molecule has 0 aromatic heterocycles. The summed E-state index contributed by atoms with van der Waals surface area (Å²) in [5.74, 6) is -0.314. The van der Waals surface area contributed by atoms with Crippen molar-refractivity contribution in [3.8, 4) is 0 Å². The molecule has 160 valence electrons. The van der Waals surface area contributed by atoms with Gasteiger partial charge >= 0.3 is 5.97 Å². The monoisotopic (exact) mass is 424 g/mol. The van der Waals surface area contributed by atoms with Gasteiger partial charge in [0.05, 0.1) is 13.5 Å². The summed E-state index contributed by atoms with van der Waals surface area (Å²) >= 11 is 0. The fraction of sp³-hybridized carbons (Fsp3) is 0.360. The molecule has 0 aliphatic rings. The Bertz CT molecular complexity index is 799. The van der Waals surface area contributed by atoms with Crippen LogP contribution >= 0.6 is 0 Å². The van der Waals surface area contributed by atoms with E-state index in [2.05, 4.69) is 69.3 Å². The van der Waals surface area contributed by atoms with Gasteiger partial charge in [0, 0.05) is 13.0 Å². The Kier molecular flexibility index (Phi) is 8.75. The summed E-state index contributed by atoms with van der Waals surface area (Å²) in [4.78, 5) is 22.6. The number of carbonyl (C=O) groups excluding carboxylic acids is 2. The van der Waals surface area contributed by atoms with Crippen molar-refractivity contribution in [1.82, 2.24) is 0 Å². The van der Waals surface area contributed by atoms with Crippen LogP contribution in [0, 0.1) is 0 Å². The quantitative estimate of drug-likeness (QED) is 0.250. The topological polar surface area (TPSA) is 52.6 Å². The third kappa shape index (κ3) is 5.77. The Morgan fingerprint density at radius 2 is 1.47 bits per heavy atom. The van der Waals surface area contributed by atoms with Gasteiger partial charge in [-0.15, -0.1) is 0 Å².